The lowest BCUT2D eigenvalue weighted by Crippen LogP contribution is -2.38. The molecular weight excluding hydrogens is 571 g/mol. The number of hydrogen-bond donors (Lipinski definition) is 2. The molecule has 3 aromatic carbocycles. The van der Waals surface area contributed by atoms with Crippen LogP contribution in [-0.4, -0.2) is 40.9 Å². The van der Waals surface area contributed by atoms with E-state index in [4.69, 9.17) is 44.6 Å². The SMILES string of the molecule is O=C(NCC1CCCO1)/C(=C/c1cn(-c2ccccc2)nc1-c1ccc(Cl)cc1)NC(=O)c1ccc(Cl)cc1Cl. The van der Waals surface area contributed by atoms with E-state index in [1.165, 1.54) is 12.1 Å². The Bertz CT molecular complexity index is 1550. The molecule has 1 aromatic heterocycles. The van der Waals surface area contributed by atoms with E-state index in [-0.39, 0.29) is 22.4 Å². The molecule has 1 aliphatic rings. The molecule has 40 heavy (non-hydrogen) atoms. The maximum Gasteiger partial charge on any atom is 0.267 e. The number of carbonyl (C=O) groups is 2. The van der Waals surface area contributed by atoms with Crippen molar-refractivity contribution < 1.29 is 14.3 Å². The number of para-hydroxylation sites is 1. The molecule has 0 bridgehead atoms. The second-order valence-electron chi connectivity index (χ2n) is 9.20. The summed E-state index contributed by atoms with van der Waals surface area (Å²) in [6.07, 6.45) is 5.13. The topological polar surface area (TPSA) is 85.2 Å². The maximum absolute atomic E-state index is 13.4. The molecule has 2 amide bonds. The number of halogens is 3. The lowest BCUT2D eigenvalue weighted by Gasteiger charge is -2.14. The Kier molecular flexibility index (Phi) is 8.87. The molecular formula is C30H25Cl3N4O3. The van der Waals surface area contributed by atoms with Crippen LogP contribution < -0.4 is 10.6 Å². The predicted octanol–water partition coefficient (Wildman–Crippen LogP) is 6.57. The molecule has 1 saturated heterocycles. The number of nitrogens with one attached hydrogen (secondary N) is 2. The molecule has 1 fully saturated rings. The standard InChI is InChI=1S/C30H25Cl3N4O3/c31-21-10-8-19(9-11-21)28-20(18-37(36-28)23-5-2-1-3-6-23)15-27(30(39)34-17-24-7-4-14-40-24)35-29(38)25-13-12-22(32)16-26(25)33/h1-3,5-6,8-13,15-16,18,24H,4,7,14,17H2,(H,34,39)(H,35,38)/b27-15-. The fourth-order valence-electron chi connectivity index (χ4n) is 4.32. The van der Waals surface area contributed by atoms with Gasteiger partial charge in [-0.2, -0.15) is 5.10 Å². The van der Waals surface area contributed by atoms with Gasteiger partial charge in [0, 0.05) is 40.5 Å². The van der Waals surface area contributed by atoms with Crippen LogP contribution in [0.3, 0.4) is 0 Å². The van der Waals surface area contributed by atoms with Gasteiger partial charge in [-0.05, 0) is 61.4 Å². The summed E-state index contributed by atoms with van der Waals surface area (Å²) < 4.78 is 7.36. The summed E-state index contributed by atoms with van der Waals surface area (Å²) >= 11 is 18.4. The van der Waals surface area contributed by atoms with E-state index in [0.29, 0.717) is 34.5 Å². The average Bonchev–Trinajstić information content (AvgIpc) is 3.63. The molecule has 2 N–H and O–H groups in total. The fourth-order valence-corrected chi connectivity index (χ4v) is 4.94. The van der Waals surface area contributed by atoms with Gasteiger partial charge in [0.15, 0.2) is 0 Å². The number of ether oxygens (including phenoxy) is 1. The molecule has 4 aromatic rings. The molecule has 2 heterocycles. The summed E-state index contributed by atoms with van der Waals surface area (Å²) in [6.45, 7) is 0.985. The smallest absolute Gasteiger partial charge is 0.267 e. The highest BCUT2D eigenvalue weighted by Crippen LogP contribution is 2.27. The molecule has 1 aliphatic heterocycles. The highest BCUT2D eigenvalue weighted by Gasteiger charge is 2.22. The van der Waals surface area contributed by atoms with Crippen LogP contribution in [0.15, 0.2) is 84.7 Å². The Morgan fingerprint density at radius 2 is 1.75 bits per heavy atom. The molecule has 1 atom stereocenters. The molecule has 0 aliphatic carbocycles. The highest BCUT2D eigenvalue weighted by atomic mass is 35.5. The van der Waals surface area contributed by atoms with Crippen molar-refractivity contribution in [2.24, 2.45) is 0 Å². The second kappa shape index (κ2) is 12.7. The third-order valence-electron chi connectivity index (χ3n) is 6.36. The minimum atomic E-state index is -0.552. The first kappa shape index (κ1) is 27.9. The van der Waals surface area contributed by atoms with Crippen molar-refractivity contribution in [1.29, 1.82) is 0 Å². The van der Waals surface area contributed by atoms with Crippen molar-refractivity contribution >= 4 is 52.7 Å². The van der Waals surface area contributed by atoms with Crippen molar-refractivity contribution in [2.75, 3.05) is 13.2 Å². The van der Waals surface area contributed by atoms with Crippen LogP contribution in [0.1, 0.15) is 28.8 Å². The normalized spacial score (nSPS) is 15.2. The molecule has 0 spiro atoms. The van der Waals surface area contributed by atoms with Crippen LogP contribution >= 0.6 is 34.8 Å². The number of rotatable bonds is 8. The minimum absolute atomic E-state index is 0.0249. The molecule has 1 unspecified atom stereocenters. The number of hydrogen-bond acceptors (Lipinski definition) is 4. The highest BCUT2D eigenvalue weighted by molar-refractivity contribution is 6.36. The van der Waals surface area contributed by atoms with Crippen molar-refractivity contribution in [2.45, 2.75) is 18.9 Å². The number of amides is 2. The number of nitrogens with zero attached hydrogens (tertiary/aromatic N) is 2. The van der Waals surface area contributed by atoms with Gasteiger partial charge in [-0.15, -0.1) is 0 Å². The zero-order valence-corrected chi connectivity index (χ0v) is 23.5. The van der Waals surface area contributed by atoms with Crippen molar-refractivity contribution in [3.8, 4) is 16.9 Å². The summed E-state index contributed by atoms with van der Waals surface area (Å²) in [6, 6.07) is 21.4. The van der Waals surface area contributed by atoms with E-state index in [0.717, 1.165) is 24.1 Å². The van der Waals surface area contributed by atoms with Crippen molar-refractivity contribution in [3.63, 3.8) is 0 Å². The Morgan fingerprint density at radius 1 is 1.00 bits per heavy atom. The zero-order chi connectivity index (χ0) is 28.1. The van der Waals surface area contributed by atoms with E-state index in [2.05, 4.69) is 10.6 Å². The fraction of sp³-hybridized carbons (Fsp3) is 0.167. The summed E-state index contributed by atoms with van der Waals surface area (Å²) in [5.41, 5.74) is 3.04. The molecule has 0 saturated carbocycles. The third kappa shape index (κ3) is 6.74. The molecule has 10 heteroatoms. The first-order valence-electron chi connectivity index (χ1n) is 12.7. The Morgan fingerprint density at radius 3 is 2.45 bits per heavy atom. The van der Waals surface area contributed by atoms with Gasteiger partial charge >= 0.3 is 0 Å². The Labute approximate surface area is 246 Å². The van der Waals surface area contributed by atoms with Gasteiger partial charge in [0.2, 0.25) is 0 Å². The van der Waals surface area contributed by atoms with Gasteiger partial charge in [-0.25, -0.2) is 4.68 Å². The van der Waals surface area contributed by atoms with Crippen LogP contribution in [0.5, 0.6) is 0 Å². The van der Waals surface area contributed by atoms with E-state index >= 15 is 0 Å². The lowest BCUT2D eigenvalue weighted by molar-refractivity contribution is -0.118. The predicted molar refractivity (Wildman–Crippen MR) is 158 cm³/mol. The van der Waals surface area contributed by atoms with Gasteiger partial charge in [0.25, 0.3) is 11.8 Å². The second-order valence-corrected chi connectivity index (χ2v) is 10.5. The van der Waals surface area contributed by atoms with Crippen LogP contribution in [0.2, 0.25) is 15.1 Å². The van der Waals surface area contributed by atoms with Gasteiger partial charge in [-0.3, -0.25) is 9.59 Å². The molecule has 204 valence electrons. The maximum atomic E-state index is 13.4. The monoisotopic (exact) mass is 594 g/mol. The first-order chi connectivity index (χ1) is 19.4. The largest absolute Gasteiger partial charge is 0.376 e. The number of aromatic nitrogens is 2. The van der Waals surface area contributed by atoms with Gasteiger partial charge in [0.05, 0.1) is 22.4 Å². The average molecular weight is 596 g/mol. The van der Waals surface area contributed by atoms with Crippen LogP contribution in [0.4, 0.5) is 0 Å². The van der Waals surface area contributed by atoms with Gasteiger partial charge in [-0.1, -0.05) is 65.1 Å². The zero-order valence-electron chi connectivity index (χ0n) is 21.2. The lowest BCUT2D eigenvalue weighted by atomic mass is 10.1. The molecule has 7 nitrogen and oxygen atoms in total. The van der Waals surface area contributed by atoms with E-state index in [9.17, 15) is 9.59 Å². The molecule has 0 radical (unpaired) electrons. The van der Waals surface area contributed by atoms with Gasteiger partial charge in [0.1, 0.15) is 11.4 Å². The Hall–Kier alpha value is -3.62. The van der Waals surface area contributed by atoms with Crippen LogP contribution in [0.25, 0.3) is 23.0 Å². The third-order valence-corrected chi connectivity index (χ3v) is 7.16. The summed E-state index contributed by atoms with van der Waals surface area (Å²) in [7, 11) is 0. The van der Waals surface area contributed by atoms with E-state index in [1.54, 1.807) is 35.2 Å². The van der Waals surface area contributed by atoms with E-state index in [1.807, 2.05) is 42.5 Å². The van der Waals surface area contributed by atoms with Crippen molar-refractivity contribution in [1.82, 2.24) is 20.4 Å². The van der Waals surface area contributed by atoms with Crippen molar-refractivity contribution in [3.05, 3.63) is 111 Å². The van der Waals surface area contributed by atoms with Crippen LogP contribution in [-0.2, 0) is 9.53 Å². The quantitative estimate of drug-likeness (QED) is 0.226. The van der Waals surface area contributed by atoms with E-state index < -0.39 is 11.8 Å². The Balaban J connectivity index is 1.54. The van der Waals surface area contributed by atoms with Crippen LogP contribution in [0, 0.1) is 0 Å². The summed E-state index contributed by atoms with van der Waals surface area (Å²) in [5.74, 6) is -1.02. The molecule has 5 rings (SSSR count). The van der Waals surface area contributed by atoms with Gasteiger partial charge < -0.3 is 15.4 Å². The minimum Gasteiger partial charge on any atom is -0.376 e. The summed E-state index contributed by atoms with van der Waals surface area (Å²) in [4.78, 5) is 26.7. The summed E-state index contributed by atoms with van der Waals surface area (Å²) in [5, 5.41) is 11.6. The number of benzene rings is 3. The number of carbonyl (C=O) groups excluding carboxylic acids is 2. The first-order valence-corrected chi connectivity index (χ1v) is 13.8.